The molecule has 1 N–H and O–H groups in total. The van der Waals surface area contributed by atoms with Crippen molar-refractivity contribution in [1.29, 1.82) is 0 Å². The Morgan fingerprint density at radius 2 is 2.27 bits per heavy atom. The van der Waals surface area contributed by atoms with Crippen molar-refractivity contribution in [2.45, 2.75) is 45.6 Å². The van der Waals surface area contributed by atoms with E-state index in [1.807, 2.05) is 11.8 Å². The number of rotatable bonds is 2. The van der Waals surface area contributed by atoms with Crippen molar-refractivity contribution in [3.63, 3.8) is 0 Å². The smallest absolute Gasteiger partial charge is 0.156 e. The van der Waals surface area contributed by atoms with Gasteiger partial charge in [-0.15, -0.1) is 0 Å². The standard InChI is InChI=1S/C12H22N2S/c1-9-4-3-5-11(6-9)7-13-12-14-10(2)8-15-12/h9-11H,3-8H2,1-2H3,(H,13,14). The van der Waals surface area contributed by atoms with E-state index < -0.39 is 0 Å². The molecule has 2 aliphatic rings. The van der Waals surface area contributed by atoms with E-state index in [0.29, 0.717) is 6.04 Å². The van der Waals surface area contributed by atoms with Gasteiger partial charge in [0.05, 0.1) is 0 Å². The van der Waals surface area contributed by atoms with Crippen molar-refractivity contribution in [3.8, 4) is 0 Å². The molecule has 0 radical (unpaired) electrons. The van der Waals surface area contributed by atoms with E-state index in [4.69, 9.17) is 4.99 Å². The quantitative estimate of drug-likeness (QED) is 0.783. The number of nitrogens with one attached hydrogen (secondary N) is 1. The van der Waals surface area contributed by atoms with Gasteiger partial charge in [-0.2, -0.15) is 0 Å². The molecule has 3 unspecified atom stereocenters. The Labute approximate surface area is 97.3 Å². The minimum atomic E-state index is 0.610. The van der Waals surface area contributed by atoms with Gasteiger partial charge in [-0.25, -0.2) is 0 Å². The Hall–Kier alpha value is -0.180. The lowest BCUT2D eigenvalue weighted by Crippen LogP contribution is -2.24. The molecule has 1 saturated carbocycles. The third-order valence-corrected chi connectivity index (χ3v) is 4.57. The van der Waals surface area contributed by atoms with Crippen LogP contribution in [0.5, 0.6) is 0 Å². The molecular formula is C12H22N2S. The number of hydrogen-bond donors (Lipinski definition) is 1. The van der Waals surface area contributed by atoms with Crippen molar-refractivity contribution >= 4 is 16.9 Å². The lowest BCUT2D eigenvalue weighted by Gasteiger charge is -2.25. The normalized spacial score (nSPS) is 39.3. The second kappa shape index (κ2) is 5.24. The molecular weight excluding hydrogens is 204 g/mol. The van der Waals surface area contributed by atoms with Gasteiger partial charge >= 0.3 is 0 Å². The van der Waals surface area contributed by atoms with Crippen molar-refractivity contribution in [2.24, 2.45) is 16.8 Å². The van der Waals surface area contributed by atoms with E-state index in [0.717, 1.165) is 18.4 Å². The van der Waals surface area contributed by atoms with E-state index in [1.54, 1.807) is 0 Å². The molecule has 1 aliphatic carbocycles. The number of nitrogens with zero attached hydrogens (tertiary/aromatic N) is 1. The molecule has 0 aromatic heterocycles. The van der Waals surface area contributed by atoms with Gasteiger partial charge in [0.15, 0.2) is 5.17 Å². The molecule has 1 saturated heterocycles. The van der Waals surface area contributed by atoms with Gasteiger partial charge in [0.1, 0.15) is 0 Å². The average molecular weight is 226 g/mol. The lowest BCUT2D eigenvalue weighted by molar-refractivity contribution is 0.289. The van der Waals surface area contributed by atoms with Crippen LogP contribution < -0.4 is 5.32 Å². The topological polar surface area (TPSA) is 24.4 Å². The first-order valence-electron chi connectivity index (χ1n) is 6.18. The van der Waals surface area contributed by atoms with Crippen LogP contribution in [0.2, 0.25) is 0 Å². The Kier molecular flexibility index (Phi) is 3.95. The molecule has 2 fully saturated rings. The molecule has 15 heavy (non-hydrogen) atoms. The molecule has 0 aromatic rings. The van der Waals surface area contributed by atoms with Gasteiger partial charge in [-0.05, 0) is 31.6 Å². The summed E-state index contributed by atoms with van der Waals surface area (Å²) < 4.78 is 0. The molecule has 0 spiro atoms. The first kappa shape index (κ1) is 11.3. The van der Waals surface area contributed by atoms with Gasteiger partial charge in [0.2, 0.25) is 0 Å². The predicted octanol–water partition coefficient (Wildman–Crippen LogP) is 2.89. The van der Waals surface area contributed by atoms with Gasteiger partial charge in [0.25, 0.3) is 0 Å². The first-order valence-corrected chi connectivity index (χ1v) is 7.16. The largest absolute Gasteiger partial charge is 0.362 e. The van der Waals surface area contributed by atoms with Crippen LogP contribution in [-0.2, 0) is 0 Å². The van der Waals surface area contributed by atoms with Crippen LogP contribution in [0.15, 0.2) is 4.99 Å². The highest BCUT2D eigenvalue weighted by Gasteiger charge is 2.20. The molecule has 1 heterocycles. The monoisotopic (exact) mass is 226 g/mol. The van der Waals surface area contributed by atoms with Crippen LogP contribution >= 0.6 is 11.8 Å². The number of aliphatic imine (C=N–C) groups is 1. The van der Waals surface area contributed by atoms with Crippen LogP contribution in [0.25, 0.3) is 0 Å². The molecule has 0 bridgehead atoms. The number of thioether (sulfide) groups is 1. The summed E-state index contributed by atoms with van der Waals surface area (Å²) in [6.45, 7) is 5.65. The Morgan fingerprint density at radius 1 is 1.40 bits per heavy atom. The summed E-state index contributed by atoms with van der Waals surface area (Å²) in [6, 6.07) is 0.610. The highest BCUT2D eigenvalue weighted by molar-refractivity contribution is 8.14. The van der Waals surface area contributed by atoms with Crippen molar-refractivity contribution in [3.05, 3.63) is 0 Å². The van der Waals surface area contributed by atoms with Gasteiger partial charge in [-0.1, -0.05) is 31.5 Å². The Morgan fingerprint density at radius 3 is 2.93 bits per heavy atom. The summed E-state index contributed by atoms with van der Waals surface area (Å²) in [5.41, 5.74) is 0. The third-order valence-electron chi connectivity index (χ3n) is 3.38. The molecule has 1 aliphatic heterocycles. The summed E-state index contributed by atoms with van der Waals surface area (Å²) in [4.78, 5) is 4.70. The molecule has 2 rings (SSSR count). The fourth-order valence-electron chi connectivity index (χ4n) is 2.53. The maximum Gasteiger partial charge on any atom is 0.156 e. The Balaban J connectivity index is 1.77. The Bertz CT molecular complexity index is 240. The zero-order valence-corrected chi connectivity index (χ0v) is 10.6. The molecule has 0 aromatic carbocycles. The van der Waals surface area contributed by atoms with E-state index in [-0.39, 0.29) is 0 Å². The summed E-state index contributed by atoms with van der Waals surface area (Å²) in [7, 11) is 0. The number of hydrogen-bond acceptors (Lipinski definition) is 2. The second-order valence-corrected chi connectivity index (χ2v) is 6.15. The lowest BCUT2D eigenvalue weighted by atomic mass is 9.82. The zero-order valence-electron chi connectivity index (χ0n) is 9.83. The zero-order chi connectivity index (χ0) is 10.7. The number of amidine groups is 1. The highest BCUT2D eigenvalue weighted by atomic mass is 32.2. The van der Waals surface area contributed by atoms with Crippen LogP contribution in [0.1, 0.15) is 39.5 Å². The fraction of sp³-hybridized carbons (Fsp3) is 0.917. The van der Waals surface area contributed by atoms with E-state index in [2.05, 4.69) is 19.2 Å². The van der Waals surface area contributed by atoms with E-state index >= 15 is 0 Å². The molecule has 0 amide bonds. The average Bonchev–Trinajstić information content (AvgIpc) is 2.62. The summed E-state index contributed by atoms with van der Waals surface area (Å²) in [6.07, 6.45) is 5.61. The minimum Gasteiger partial charge on any atom is -0.362 e. The third kappa shape index (κ3) is 3.40. The molecule has 2 nitrogen and oxygen atoms in total. The summed E-state index contributed by atoms with van der Waals surface area (Å²) in [5, 5.41) is 4.60. The minimum absolute atomic E-state index is 0.610. The van der Waals surface area contributed by atoms with Gasteiger partial charge in [0, 0.05) is 18.3 Å². The summed E-state index contributed by atoms with van der Waals surface area (Å²) >= 11 is 1.88. The molecule has 3 heteroatoms. The molecule has 3 atom stereocenters. The van der Waals surface area contributed by atoms with E-state index in [9.17, 15) is 0 Å². The van der Waals surface area contributed by atoms with Crippen LogP contribution in [0.4, 0.5) is 0 Å². The van der Waals surface area contributed by atoms with Gasteiger partial charge in [-0.3, -0.25) is 4.99 Å². The summed E-state index contributed by atoms with van der Waals surface area (Å²) in [5.74, 6) is 2.95. The van der Waals surface area contributed by atoms with Crippen LogP contribution in [0, 0.1) is 11.8 Å². The van der Waals surface area contributed by atoms with E-state index in [1.165, 1.54) is 36.6 Å². The first-order chi connectivity index (χ1) is 7.24. The second-order valence-electron chi connectivity index (χ2n) is 5.14. The van der Waals surface area contributed by atoms with Crippen LogP contribution in [-0.4, -0.2) is 23.5 Å². The predicted molar refractivity (Wildman–Crippen MR) is 68.5 cm³/mol. The van der Waals surface area contributed by atoms with Gasteiger partial charge < -0.3 is 5.32 Å². The fourth-order valence-corrected chi connectivity index (χ4v) is 3.47. The molecule has 86 valence electrons. The SMILES string of the molecule is CC1CCCC(CN=C2NC(C)CS2)C1. The maximum absolute atomic E-state index is 4.70. The van der Waals surface area contributed by atoms with Crippen molar-refractivity contribution in [1.82, 2.24) is 5.32 Å². The van der Waals surface area contributed by atoms with Crippen molar-refractivity contribution in [2.75, 3.05) is 12.3 Å². The van der Waals surface area contributed by atoms with Crippen LogP contribution in [0.3, 0.4) is 0 Å². The highest BCUT2D eigenvalue weighted by Crippen LogP contribution is 2.29. The van der Waals surface area contributed by atoms with Crippen molar-refractivity contribution < 1.29 is 0 Å². The maximum atomic E-state index is 4.70.